The lowest BCUT2D eigenvalue weighted by Crippen LogP contribution is -2.42. The van der Waals surface area contributed by atoms with Gasteiger partial charge < -0.3 is 10.5 Å². The van der Waals surface area contributed by atoms with Crippen molar-refractivity contribution in [1.29, 1.82) is 0 Å². The fourth-order valence-electron chi connectivity index (χ4n) is 2.36. The van der Waals surface area contributed by atoms with Crippen molar-refractivity contribution in [2.45, 2.75) is 45.8 Å². The summed E-state index contributed by atoms with van der Waals surface area (Å²) in [5.74, 6) is 0.866. The first-order chi connectivity index (χ1) is 7.90. The number of rotatable bonds is 2. The average molecular weight is 254 g/mol. The lowest BCUT2D eigenvalue weighted by molar-refractivity contribution is 0.165. The Labute approximate surface area is 108 Å². The summed E-state index contributed by atoms with van der Waals surface area (Å²) in [7, 11) is 0. The summed E-state index contributed by atoms with van der Waals surface area (Å²) in [6.07, 6.45) is 2.26. The predicted molar refractivity (Wildman–Crippen MR) is 71.6 cm³/mol. The highest BCUT2D eigenvalue weighted by Gasteiger charge is 2.40. The number of hydrogen-bond acceptors (Lipinski definition) is 2. The molecule has 0 bridgehead atoms. The molecular formula is C14H20ClNO. The normalized spacial score (nSPS) is 27.1. The van der Waals surface area contributed by atoms with Gasteiger partial charge in [-0.3, -0.25) is 0 Å². The quantitative estimate of drug-likeness (QED) is 0.875. The molecule has 0 spiro atoms. The van der Waals surface area contributed by atoms with Crippen LogP contribution in [-0.4, -0.2) is 12.1 Å². The maximum atomic E-state index is 6.22. The van der Waals surface area contributed by atoms with E-state index in [4.69, 9.17) is 22.1 Å². The maximum Gasteiger partial charge on any atom is 0.120 e. The molecule has 94 valence electrons. The summed E-state index contributed by atoms with van der Waals surface area (Å²) in [6.45, 7) is 6.38. The Hall–Kier alpha value is -0.730. The Morgan fingerprint density at radius 3 is 2.65 bits per heavy atom. The lowest BCUT2D eigenvalue weighted by Gasteiger charge is -2.27. The molecule has 1 aliphatic carbocycles. The average Bonchev–Trinajstić information content (AvgIpc) is 2.51. The van der Waals surface area contributed by atoms with Crippen molar-refractivity contribution in [3.8, 4) is 5.75 Å². The summed E-state index contributed by atoms with van der Waals surface area (Å²) >= 11 is 5.99. The van der Waals surface area contributed by atoms with Crippen molar-refractivity contribution in [3.63, 3.8) is 0 Å². The van der Waals surface area contributed by atoms with E-state index in [0.717, 1.165) is 29.2 Å². The number of nitrogens with two attached hydrogens (primary N) is 1. The SMILES string of the molecule is Cc1cc(OC2CCC(C)(C)C2N)ccc1Cl. The van der Waals surface area contributed by atoms with Crippen LogP contribution in [0.25, 0.3) is 0 Å². The van der Waals surface area contributed by atoms with E-state index >= 15 is 0 Å². The summed E-state index contributed by atoms with van der Waals surface area (Å²) in [5, 5.41) is 0.772. The summed E-state index contributed by atoms with van der Waals surface area (Å²) in [6, 6.07) is 5.85. The second-order valence-corrected chi connectivity index (χ2v) is 6.03. The van der Waals surface area contributed by atoms with Crippen LogP contribution in [0.4, 0.5) is 0 Å². The standard InChI is InChI=1S/C14H20ClNO/c1-9-8-10(4-5-11(9)15)17-12-6-7-14(2,3)13(12)16/h4-5,8,12-13H,6-7,16H2,1-3H3. The van der Waals surface area contributed by atoms with Crippen molar-refractivity contribution in [2.24, 2.45) is 11.1 Å². The Morgan fingerprint density at radius 2 is 2.12 bits per heavy atom. The molecule has 2 atom stereocenters. The number of benzene rings is 1. The van der Waals surface area contributed by atoms with Gasteiger partial charge in [0.25, 0.3) is 0 Å². The van der Waals surface area contributed by atoms with Gasteiger partial charge in [0.1, 0.15) is 11.9 Å². The molecule has 2 nitrogen and oxygen atoms in total. The Morgan fingerprint density at radius 1 is 1.41 bits per heavy atom. The van der Waals surface area contributed by atoms with Crippen molar-refractivity contribution in [3.05, 3.63) is 28.8 Å². The summed E-state index contributed by atoms with van der Waals surface area (Å²) in [4.78, 5) is 0. The second-order valence-electron chi connectivity index (χ2n) is 5.62. The largest absolute Gasteiger partial charge is 0.489 e. The number of aryl methyl sites for hydroxylation is 1. The van der Waals surface area contributed by atoms with Crippen molar-refractivity contribution < 1.29 is 4.74 Å². The minimum Gasteiger partial charge on any atom is -0.489 e. The Bertz CT molecular complexity index is 417. The molecule has 1 aromatic rings. The topological polar surface area (TPSA) is 35.2 Å². The van der Waals surface area contributed by atoms with Gasteiger partial charge in [0.15, 0.2) is 0 Å². The second kappa shape index (κ2) is 4.51. The van der Waals surface area contributed by atoms with Gasteiger partial charge in [-0.1, -0.05) is 25.4 Å². The molecule has 2 unspecified atom stereocenters. The van der Waals surface area contributed by atoms with Gasteiger partial charge in [-0.2, -0.15) is 0 Å². The zero-order valence-corrected chi connectivity index (χ0v) is 11.4. The molecule has 2 N–H and O–H groups in total. The monoisotopic (exact) mass is 253 g/mol. The zero-order chi connectivity index (χ0) is 12.6. The molecule has 17 heavy (non-hydrogen) atoms. The minimum atomic E-state index is 0.0958. The fraction of sp³-hybridized carbons (Fsp3) is 0.571. The van der Waals surface area contributed by atoms with Crippen LogP contribution in [0, 0.1) is 12.3 Å². The van der Waals surface area contributed by atoms with Gasteiger partial charge in [-0.25, -0.2) is 0 Å². The highest BCUT2D eigenvalue weighted by Crippen LogP contribution is 2.38. The maximum absolute atomic E-state index is 6.22. The van der Waals surface area contributed by atoms with E-state index in [9.17, 15) is 0 Å². The van der Waals surface area contributed by atoms with Crippen molar-refractivity contribution >= 4 is 11.6 Å². The first-order valence-electron chi connectivity index (χ1n) is 6.08. The molecule has 1 aliphatic rings. The number of ether oxygens (including phenoxy) is 1. The van der Waals surface area contributed by atoms with E-state index in [0.29, 0.717) is 0 Å². The Balaban J connectivity index is 2.09. The van der Waals surface area contributed by atoms with Crippen LogP contribution in [0.3, 0.4) is 0 Å². The highest BCUT2D eigenvalue weighted by atomic mass is 35.5. The van der Waals surface area contributed by atoms with E-state index in [1.807, 2.05) is 25.1 Å². The van der Waals surface area contributed by atoms with Crippen LogP contribution in [0.1, 0.15) is 32.3 Å². The summed E-state index contributed by atoms with van der Waals surface area (Å²) < 4.78 is 5.98. The van der Waals surface area contributed by atoms with Gasteiger partial charge in [0.05, 0.1) is 0 Å². The third-order valence-electron chi connectivity index (χ3n) is 3.79. The molecule has 1 aromatic carbocycles. The van der Waals surface area contributed by atoms with Crippen LogP contribution < -0.4 is 10.5 Å². The molecule has 0 aliphatic heterocycles. The first-order valence-corrected chi connectivity index (χ1v) is 6.46. The van der Waals surface area contributed by atoms with Crippen molar-refractivity contribution in [1.82, 2.24) is 0 Å². The summed E-state index contributed by atoms with van der Waals surface area (Å²) in [5.41, 5.74) is 7.43. The molecule has 0 aromatic heterocycles. The van der Waals surface area contributed by atoms with Gasteiger partial charge in [-0.05, 0) is 48.9 Å². The van der Waals surface area contributed by atoms with Crippen LogP contribution in [0.15, 0.2) is 18.2 Å². The predicted octanol–water partition coefficient (Wildman–Crippen LogP) is 3.54. The highest BCUT2D eigenvalue weighted by molar-refractivity contribution is 6.31. The van der Waals surface area contributed by atoms with Crippen molar-refractivity contribution in [2.75, 3.05) is 0 Å². The molecule has 1 fully saturated rings. The van der Waals surface area contributed by atoms with E-state index in [1.165, 1.54) is 0 Å². The molecule has 0 radical (unpaired) electrons. The zero-order valence-electron chi connectivity index (χ0n) is 10.7. The van der Waals surface area contributed by atoms with Gasteiger partial charge in [0.2, 0.25) is 0 Å². The van der Waals surface area contributed by atoms with Gasteiger partial charge in [-0.15, -0.1) is 0 Å². The van der Waals surface area contributed by atoms with Crippen LogP contribution >= 0.6 is 11.6 Å². The molecule has 0 heterocycles. The smallest absolute Gasteiger partial charge is 0.120 e. The number of halogens is 1. The molecular weight excluding hydrogens is 234 g/mol. The fourth-order valence-corrected chi connectivity index (χ4v) is 2.48. The van der Waals surface area contributed by atoms with Crippen LogP contribution in [0.5, 0.6) is 5.75 Å². The van der Waals surface area contributed by atoms with E-state index in [-0.39, 0.29) is 17.6 Å². The third kappa shape index (κ3) is 2.58. The number of hydrogen-bond donors (Lipinski definition) is 1. The third-order valence-corrected chi connectivity index (χ3v) is 4.22. The van der Waals surface area contributed by atoms with Crippen LogP contribution in [0.2, 0.25) is 5.02 Å². The van der Waals surface area contributed by atoms with E-state index in [2.05, 4.69) is 13.8 Å². The minimum absolute atomic E-state index is 0.0958. The molecule has 3 heteroatoms. The Kier molecular flexibility index (Phi) is 3.37. The van der Waals surface area contributed by atoms with Gasteiger partial charge >= 0.3 is 0 Å². The van der Waals surface area contributed by atoms with Crippen LogP contribution in [-0.2, 0) is 0 Å². The van der Waals surface area contributed by atoms with E-state index in [1.54, 1.807) is 0 Å². The molecule has 2 rings (SSSR count). The lowest BCUT2D eigenvalue weighted by atomic mass is 9.88. The molecule has 1 saturated carbocycles. The molecule has 0 saturated heterocycles. The van der Waals surface area contributed by atoms with Gasteiger partial charge in [0, 0.05) is 11.1 Å². The first kappa shape index (κ1) is 12.7. The molecule has 0 amide bonds. The van der Waals surface area contributed by atoms with E-state index < -0.39 is 0 Å².